The quantitative estimate of drug-likeness (QED) is 0.784. The number of phenols is 1. The van der Waals surface area contributed by atoms with Crippen LogP contribution in [0, 0.1) is 0 Å². The lowest BCUT2D eigenvalue weighted by molar-refractivity contribution is 0.477. The Balaban J connectivity index is 3.02. The van der Waals surface area contributed by atoms with Gasteiger partial charge in [-0.05, 0) is 28.1 Å². The summed E-state index contributed by atoms with van der Waals surface area (Å²) in [6.45, 7) is 0. The van der Waals surface area contributed by atoms with Crippen molar-refractivity contribution in [3.63, 3.8) is 0 Å². The van der Waals surface area contributed by atoms with Crippen molar-refractivity contribution in [2.75, 3.05) is 0 Å². The summed E-state index contributed by atoms with van der Waals surface area (Å²) in [5.41, 5.74) is 0.191. The highest BCUT2D eigenvalue weighted by molar-refractivity contribution is 9.11. The molecule has 14 heavy (non-hydrogen) atoms. The largest absolute Gasteiger partial charge is 0.505 e. The van der Waals surface area contributed by atoms with Crippen molar-refractivity contribution in [2.24, 2.45) is 0 Å². The fraction of sp³-hybridized carbons (Fsp3) is 0. The fourth-order valence-corrected chi connectivity index (χ4v) is 2.53. The maximum atomic E-state index is 11.1. The second kappa shape index (κ2) is 3.40. The molecule has 2 aromatic rings. The Labute approximate surface area is 96.0 Å². The van der Waals surface area contributed by atoms with Crippen molar-refractivity contribution >= 4 is 42.8 Å². The first-order valence-corrected chi connectivity index (χ1v) is 5.38. The van der Waals surface area contributed by atoms with Crippen LogP contribution >= 0.6 is 31.9 Å². The van der Waals surface area contributed by atoms with E-state index in [1.54, 1.807) is 12.1 Å². The topological polar surface area (TPSA) is 53.1 Å². The van der Waals surface area contributed by atoms with Gasteiger partial charge >= 0.3 is 0 Å². The average molecular weight is 319 g/mol. The number of rotatable bonds is 0. The van der Waals surface area contributed by atoms with Crippen molar-refractivity contribution < 1.29 is 5.11 Å². The summed E-state index contributed by atoms with van der Waals surface area (Å²) in [5, 5.41) is 10.4. The molecule has 3 nitrogen and oxygen atoms in total. The smallest absolute Gasteiger partial charge is 0.248 e. The molecule has 0 fully saturated rings. The van der Waals surface area contributed by atoms with Gasteiger partial charge in [0.15, 0.2) is 5.75 Å². The van der Waals surface area contributed by atoms with Crippen LogP contribution in [0.4, 0.5) is 0 Å². The molecule has 0 bridgehead atoms. The maximum Gasteiger partial charge on any atom is 0.248 e. The van der Waals surface area contributed by atoms with Gasteiger partial charge in [-0.3, -0.25) is 4.79 Å². The number of nitrogens with one attached hydrogen (secondary N) is 1. The summed E-state index contributed by atoms with van der Waals surface area (Å²) >= 11 is 6.53. The van der Waals surface area contributed by atoms with Gasteiger partial charge in [-0.1, -0.05) is 15.9 Å². The van der Waals surface area contributed by atoms with Crippen LogP contribution < -0.4 is 5.56 Å². The van der Waals surface area contributed by atoms with Gasteiger partial charge in [0.2, 0.25) is 5.56 Å². The third-order valence-electron chi connectivity index (χ3n) is 1.89. The molecule has 5 heteroatoms. The predicted octanol–water partition coefficient (Wildman–Crippen LogP) is 2.76. The number of H-pyrrole nitrogens is 1. The Hall–Kier alpha value is -0.810. The molecule has 0 saturated carbocycles. The fourth-order valence-electron chi connectivity index (χ4n) is 1.24. The van der Waals surface area contributed by atoms with Crippen LogP contribution in [0.15, 0.2) is 31.9 Å². The Bertz CT molecular complexity index is 562. The summed E-state index contributed by atoms with van der Waals surface area (Å²) in [6, 6.07) is 4.81. The molecule has 0 spiro atoms. The first-order chi connectivity index (χ1) is 6.59. The minimum Gasteiger partial charge on any atom is -0.505 e. The minimum absolute atomic E-state index is 0.0425. The van der Waals surface area contributed by atoms with Gasteiger partial charge in [0.25, 0.3) is 0 Å². The van der Waals surface area contributed by atoms with E-state index in [4.69, 9.17) is 0 Å². The van der Waals surface area contributed by atoms with Crippen LogP contribution in [0.5, 0.6) is 5.75 Å². The van der Waals surface area contributed by atoms with E-state index in [1.165, 1.54) is 6.07 Å². The van der Waals surface area contributed by atoms with Crippen LogP contribution in [0.1, 0.15) is 0 Å². The van der Waals surface area contributed by atoms with E-state index in [0.29, 0.717) is 9.99 Å². The second-order valence-electron chi connectivity index (χ2n) is 2.80. The van der Waals surface area contributed by atoms with Gasteiger partial charge in [-0.15, -0.1) is 0 Å². The zero-order chi connectivity index (χ0) is 10.3. The van der Waals surface area contributed by atoms with Gasteiger partial charge in [0.1, 0.15) is 0 Å². The third-order valence-corrected chi connectivity index (χ3v) is 3.15. The number of halogens is 2. The summed E-state index contributed by atoms with van der Waals surface area (Å²) < 4.78 is 1.35. The van der Waals surface area contributed by atoms with Crippen LogP contribution in [0.2, 0.25) is 0 Å². The Morgan fingerprint density at radius 2 is 1.93 bits per heavy atom. The predicted molar refractivity (Wildman–Crippen MR) is 61.6 cm³/mol. The monoisotopic (exact) mass is 317 g/mol. The number of aromatic amines is 1. The molecule has 2 N–H and O–H groups in total. The van der Waals surface area contributed by atoms with E-state index in [0.717, 1.165) is 9.86 Å². The SMILES string of the molecule is O=c1ccc2c(Br)cc(Br)c(O)c2[nH]1. The van der Waals surface area contributed by atoms with E-state index in [2.05, 4.69) is 36.8 Å². The van der Waals surface area contributed by atoms with E-state index in [-0.39, 0.29) is 11.3 Å². The molecule has 0 atom stereocenters. The third kappa shape index (κ3) is 1.46. The second-order valence-corrected chi connectivity index (χ2v) is 4.51. The maximum absolute atomic E-state index is 11.1. The lowest BCUT2D eigenvalue weighted by Gasteiger charge is -2.04. The summed E-state index contributed by atoms with van der Waals surface area (Å²) in [4.78, 5) is 13.6. The number of benzene rings is 1. The first-order valence-electron chi connectivity index (χ1n) is 3.79. The molecule has 1 heterocycles. The lowest BCUT2D eigenvalue weighted by Crippen LogP contribution is -2.02. The summed E-state index contributed by atoms with van der Waals surface area (Å²) in [6.07, 6.45) is 0. The standard InChI is InChI=1S/C9H5Br2NO2/c10-5-3-6(11)9(14)8-4(5)1-2-7(13)12-8/h1-3,14H,(H,12,13). The molecule has 1 aromatic heterocycles. The first kappa shape index (κ1) is 9.73. The van der Waals surface area contributed by atoms with Crippen LogP contribution in [-0.2, 0) is 0 Å². The zero-order valence-corrected chi connectivity index (χ0v) is 10.0. The average Bonchev–Trinajstić information content (AvgIpc) is 2.14. The molecule has 72 valence electrons. The lowest BCUT2D eigenvalue weighted by atomic mass is 10.2. The highest BCUT2D eigenvalue weighted by atomic mass is 79.9. The van der Waals surface area contributed by atoms with Crippen molar-refractivity contribution in [1.82, 2.24) is 4.98 Å². The Morgan fingerprint density at radius 3 is 2.64 bits per heavy atom. The van der Waals surface area contributed by atoms with Crippen LogP contribution in [0.25, 0.3) is 10.9 Å². The number of fused-ring (bicyclic) bond motifs is 1. The molecule has 0 aliphatic carbocycles. The van der Waals surface area contributed by atoms with Gasteiger partial charge in [-0.25, -0.2) is 0 Å². The van der Waals surface area contributed by atoms with Gasteiger partial charge in [0, 0.05) is 15.9 Å². The molecule has 0 aliphatic rings. The molecule has 1 aromatic carbocycles. The molecule has 0 unspecified atom stereocenters. The number of aromatic hydroxyl groups is 1. The molecular formula is C9H5Br2NO2. The minimum atomic E-state index is -0.238. The number of aromatic nitrogens is 1. The van der Waals surface area contributed by atoms with Gasteiger partial charge in [0.05, 0.1) is 9.99 Å². The zero-order valence-electron chi connectivity index (χ0n) is 6.84. The Morgan fingerprint density at radius 1 is 1.21 bits per heavy atom. The molecular weight excluding hydrogens is 314 g/mol. The highest BCUT2D eigenvalue weighted by Gasteiger charge is 2.08. The van der Waals surface area contributed by atoms with Crippen molar-refractivity contribution in [1.29, 1.82) is 0 Å². The highest BCUT2D eigenvalue weighted by Crippen LogP contribution is 2.35. The van der Waals surface area contributed by atoms with Gasteiger partial charge in [-0.2, -0.15) is 0 Å². The number of hydrogen-bond donors (Lipinski definition) is 2. The van der Waals surface area contributed by atoms with Crippen molar-refractivity contribution in [3.05, 3.63) is 37.5 Å². The van der Waals surface area contributed by atoms with E-state index < -0.39 is 0 Å². The molecule has 0 radical (unpaired) electrons. The Kier molecular flexibility index (Phi) is 2.36. The summed E-state index contributed by atoms with van der Waals surface area (Å²) in [7, 11) is 0. The van der Waals surface area contributed by atoms with Crippen LogP contribution in [-0.4, -0.2) is 10.1 Å². The van der Waals surface area contributed by atoms with E-state index in [1.807, 2.05) is 0 Å². The number of phenolic OH excluding ortho intramolecular Hbond substituents is 1. The normalized spacial score (nSPS) is 10.7. The van der Waals surface area contributed by atoms with Crippen molar-refractivity contribution in [3.8, 4) is 5.75 Å². The number of pyridine rings is 1. The number of hydrogen-bond acceptors (Lipinski definition) is 2. The van der Waals surface area contributed by atoms with E-state index >= 15 is 0 Å². The van der Waals surface area contributed by atoms with E-state index in [9.17, 15) is 9.90 Å². The molecule has 0 amide bonds. The van der Waals surface area contributed by atoms with Gasteiger partial charge < -0.3 is 10.1 Å². The molecule has 0 aliphatic heterocycles. The molecule has 2 rings (SSSR count). The summed E-state index contributed by atoms with van der Waals surface area (Å²) in [5.74, 6) is 0.0425. The van der Waals surface area contributed by atoms with Crippen molar-refractivity contribution in [2.45, 2.75) is 0 Å². The van der Waals surface area contributed by atoms with Crippen LogP contribution in [0.3, 0.4) is 0 Å². The molecule has 0 saturated heterocycles.